The zero-order valence-corrected chi connectivity index (χ0v) is 15.7. The van der Waals surface area contributed by atoms with Crippen LogP contribution in [0.1, 0.15) is 25.2 Å². The molecule has 0 fully saturated rings. The van der Waals surface area contributed by atoms with E-state index in [0.29, 0.717) is 0 Å². The van der Waals surface area contributed by atoms with Gasteiger partial charge in [-0.25, -0.2) is 9.97 Å². The highest BCUT2D eigenvalue weighted by atomic mass is 16.5. The normalized spacial score (nSPS) is 10.6. The van der Waals surface area contributed by atoms with Gasteiger partial charge in [-0.05, 0) is 25.0 Å². The molecule has 134 valence electrons. The first-order chi connectivity index (χ1) is 12.7. The van der Waals surface area contributed by atoms with Crippen molar-refractivity contribution in [1.29, 1.82) is 0 Å². The summed E-state index contributed by atoms with van der Waals surface area (Å²) in [6, 6.07) is 16.0. The Hall–Kier alpha value is -2.88. The smallest absolute Gasteiger partial charge is 0.132 e. The molecule has 3 aromatic rings. The number of aromatic nitrogens is 2. The summed E-state index contributed by atoms with van der Waals surface area (Å²) in [6.07, 6.45) is 1.61. The molecule has 0 aliphatic rings. The van der Waals surface area contributed by atoms with Gasteiger partial charge in [-0.15, -0.1) is 0 Å². The summed E-state index contributed by atoms with van der Waals surface area (Å²) in [7, 11) is 3.31. The van der Waals surface area contributed by atoms with E-state index in [4.69, 9.17) is 19.4 Å². The maximum Gasteiger partial charge on any atom is 0.132 e. The molecule has 4 nitrogen and oxygen atoms in total. The minimum atomic E-state index is 0.739. The summed E-state index contributed by atoms with van der Waals surface area (Å²) in [5, 5.41) is 0. The minimum absolute atomic E-state index is 0.739. The zero-order valence-electron chi connectivity index (χ0n) is 15.7. The number of ether oxygens (including phenoxy) is 2. The molecule has 0 unspecified atom stereocenters. The summed E-state index contributed by atoms with van der Waals surface area (Å²) in [5.74, 6) is 1.50. The molecule has 0 aliphatic carbocycles. The van der Waals surface area contributed by atoms with Crippen LogP contribution in [0.15, 0.2) is 48.5 Å². The zero-order chi connectivity index (χ0) is 18.5. The van der Waals surface area contributed by atoms with Crippen LogP contribution in [0.2, 0.25) is 0 Å². The lowest BCUT2D eigenvalue weighted by molar-refractivity contribution is 0.395. The second-order valence-corrected chi connectivity index (χ2v) is 5.95. The van der Waals surface area contributed by atoms with E-state index in [9.17, 15) is 0 Å². The van der Waals surface area contributed by atoms with E-state index in [1.807, 2.05) is 36.4 Å². The molecule has 0 N–H and O–H groups in total. The van der Waals surface area contributed by atoms with Crippen molar-refractivity contribution in [3.05, 3.63) is 59.9 Å². The molecule has 0 aliphatic heterocycles. The van der Waals surface area contributed by atoms with Gasteiger partial charge in [-0.3, -0.25) is 0 Å². The number of benzene rings is 2. The molecule has 4 heteroatoms. The number of aryl methyl sites for hydroxylation is 2. The predicted octanol–water partition coefficient (Wildman–Crippen LogP) is 4.95. The Kier molecular flexibility index (Phi) is 5.52. The fourth-order valence-corrected chi connectivity index (χ4v) is 3.03. The van der Waals surface area contributed by atoms with Crippen LogP contribution in [-0.4, -0.2) is 24.2 Å². The first-order valence-corrected chi connectivity index (χ1v) is 8.89. The Morgan fingerprint density at radius 1 is 0.769 bits per heavy atom. The van der Waals surface area contributed by atoms with Gasteiger partial charge in [0.2, 0.25) is 0 Å². The third-order valence-electron chi connectivity index (χ3n) is 4.42. The molecule has 3 rings (SSSR count). The molecule has 1 aromatic heterocycles. The first kappa shape index (κ1) is 17.9. The summed E-state index contributed by atoms with van der Waals surface area (Å²) >= 11 is 0. The fraction of sp³-hybridized carbons (Fsp3) is 0.273. The van der Waals surface area contributed by atoms with Crippen LogP contribution in [0.5, 0.6) is 11.5 Å². The van der Waals surface area contributed by atoms with Gasteiger partial charge in [0.1, 0.15) is 11.5 Å². The Bertz CT molecular complexity index is 892. The van der Waals surface area contributed by atoms with Crippen molar-refractivity contribution in [2.45, 2.75) is 26.7 Å². The number of hydrogen-bond donors (Lipinski definition) is 0. The summed E-state index contributed by atoms with van der Waals surface area (Å²) in [6.45, 7) is 4.21. The molecule has 0 atom stereocenters. The van der Waals surface area contributed by atoms with Crippen molar-refractivity contribution >= 4 is 0 Å². The maximum absolute atomic E-state index is 5.58. The molecule has 0 spiro atoms. The van der Waals surface area contributed by atoms with E-state index in [0.717, 1.165) is 58.2 Å². The van der Waals surface area contributed by atoms with Gasteiger partial charge in [0, 0.05) is 17.2 Å². The topological polar surface area (TPSA) is 44.2 Å². The standard InChI is InChI=1S/C22H24N2O2/c1-5-18-21(15-10-8-7-9-11-15)23-19(6-2)22(24-18)17-13-12-16(25-3)14-20(17)26-4/h7-14H,5-6H2,1-4H3. The van der Waals surface area contributed by atoms with Gasteiger partial charge in [0.15, 0.2) is 0 Å². The minimum Gasteiger partial charge on any atom is -0.497 e. The van der Waals surface area contributed by atoms with E-state index >= 15 is 0 Å². The van der Waals surface area contributed by atoms with Gasteiger partial charge >= 0.3 is 0 Å². The van der Waals surface area contributed by atoms with E-state index in [1.54, 1.807) is 14.2 Å². The Morgan fingerprint density at radius 2 is 1.42 bits per heavy atom. The predicted molar refractivity (Wildman–Crippen MR) is 105 cm³/mol. The van der Waals surface area contributed by atoms with Crippen LogP contribution in [0.3, 0.4) is 0 Å². The Balaban J connectivity index is 2.20. The van der Waals surface area contributed by atoms with Crippen LogP contribution >= 0.6 is 0 Å². The van der Waals surface area contributed by atoms with Crippen molar-refractivity contribution in [2.24, 2.45) is 0 Å². The number of nitrogens with zero attached hydrogens (tertiary/aromatic N) is 2. The summed E-state index contributed by atoms with van der Waals surface area (Å²) in [4.78, 5) is 9.97. The van der Waals surface area contributed by atoms with E-state index in [2.05, 4.69) is 26.0 Å². The second-order valence-electron chi connectivity index (χ2n) is 5.95. The second kappa shape index (κ2) is 8.00. The molecule has 0 saturated heterocycles. The van der Waals surface area contributed by atoms with Crippen molar-refractivity contribution in [3.63, 3.8) is 0 Å². The summed E-state index contributed by atoms with van der Waals surface area (Å²) < 4.78 is 10.9. The Labute approximate surface area is 154 Å². The molecule has 0 bridgehead atoms. The van der Waals surface area contributed by atoms with Crippen LogP contribution in [-0.2, 0) is 12.8 Å². The van der Waals surface area contributed by atoms with Gasteiger partial charge in [0.25, 0.3) is 0 Å². The number of methoxy groups -OCH3 is 2. The highest BCUT2D eigenvalue weighted by Crippen LogP contribution is 2.35. The van der Waals surface area contributed by atoms with Crippen LogP contribution in [0.4, 0.5) is 0 Å². The fourth-order valence-electron chi connectivity index (χ4n) is 3.03. The van der Waals surface area contributed by atoms with Gasteiger partial charge in [-0.1, -0.05) is 44.2 Å². The third kappa shape index (κ3) is 3.40. The molecule has 26 heavy (non-hydrogen) atoms. The van der Waals surface area contributed by atoms with Crippen molar-refractivity contribution in [3.8, 4) is 34.0 Å². The lowest BCUT2D eigenvalue weighted by Gasteiger charge is -2.16. The molecule has 1 heterocycles. The van der Waals surface area contributed by atoms with Crippen LogP contribution in [0, 0.1) is 0 Å². The van der Waals surface area contributed by atoms with Gasteiger partial charge < -0.3 is 9.47 Å². The van der Waals surface area contributed by atoms with E-state index in [-0.39, 0.29) is 0 Å². The molecule has 0 radical (unpaired) electrons. The highest BCUT2D eigenvalue weighted by molar-refractivity contribution is 5.73. The lowest BCUT2D eigenvalue weighted by atomic mass is 10.0. The largest absolute Gasteiger partial charge is 0.497 e. The van der Waals surface area contributed by atoms with E-state index < -0.39 is 0 Å². The third-order valence-corrected chi connectivity index (χ3v) is 4.42. The monoisotopic (exact) mass is 348 g/mol. The maximum atomic E-state index is 5.58. The molecule has 0 amide bonds. The van der Waals surface area contributed by atoms with Gasteiger partial charge in [0.05, 0.1) is 37.0 Å². The first-order valence-electron chi connectivity index (χ1n) is 8.89. The van der Waals surface area contributed by atoms with Crippen molar-refractivity contribution in [2.75, 3.05) is 14.2 Å². The average molecular weight is 348 g/mol. The van der Waals surface area contributed by atoms with Gasteiger partial charge in [-0.2, -0.15) is 0 Å². The molecular weight excluding hydrogens is 324 g/mol. The molecule has 2 aromatic carbocycles. The van der Waals surface area contributed by atoms with Crippen LogP contribution < -0.4 is 9.47 Å². The number of hydrogen-bond acceptors (Lipinski definition) is 4. The Morgan fingerprint density at radius 3 is 2.04 bits per heavy atom. The quantitative estimate of drug-likeness (QED) is 0.632. The van der Waals surface area contributed by atoms with Crippen molar-refractivity contribution in [1.82, 2.24) is 9.97 Å². The number of rotatable bonds is 6. The molecular formula is C22H24N2O2. The van der Waals surface area contributed by atoms with Crippen LogP contribution in [0.25, 0.3) is 22.5 Å². The summed E-state index contributed by atoms with van der Waals surface area (Å²) in [5.41, 5.74) is 5.82. The lowest BCUT2D eigenvalue weighted by Crippen LogP contribution is -2.05. The van der Waals surface area contributed by atoms with E-state index in [1.165, 1.54) is 0 Å². The highest BCUT2D eigenvalue weighted by Gasteiger charge is 2.18. The molecule has 0 saturated carbocycles. The SMILES string of the molecule is CCc1nc(-c2ccc(OC)cc2OC)c(CC)nc1-c1ccccc1. The average Bonchev–Trinajstić information content (AvgIpc) is 2.72. The van der Waals surface area contributed by atoms with Crippen molar-refractivity contribution < 1.29 is 9.47 Å².